The van der Waals surface area contributed by atoms with Gasteiger partial charge in [-0.15, -0.1) is 0 Å². The Morgan fingerprint density at radius 1 is 0.714 bits per heavy atom. The fourth-order valence-electron chi connectivity index (χ4n) is 1.89. The summed E-state index contributed by atoms with van der Waals surface area (Å²) in [5, 5.41) is 10.4. The highest BCUT2D eigenvalue weighted by atomic mass is 16.3. The first kappa shape index (κ1) is 14.0. The lowest BCUT2D eigenvalue weighted by molar-refractivity contribution is 0.00830. The summed E-state index contributed by atoms with van der Waals surface area (Å²) < 4.78 is 0. The highest BCUT2D eigenvalue weighted by molar-refractivity contribution is 4.77. The Balaban J connectivity index is 3.89. The van der Waals surface area contributed by atoms with E-state index in [0.29, 0.717) is 0 Å². The Labute approximate surface area is 89.9 Å². The Bertz CT molecular complexity index is 98.6. The van der Waals surface area contributed by atoms with Crippen molar-refractivity contribution in [2.24, 2.45) is 0 Å². The summed E-state index contributed by atoms with van der Waals surface area (Å²) >= 11 is 0. The minimum Gasteiger partial charge on any atom is -0.390 e. The fraction of sp³-hybridized carbons (Fsp3) is 1.00. The quantitative estimate of drug-likeness (QED) is 0.588. The average Bonchev–Trinajstić information content (AvgIpc) is 2.21. The molecule has 0 saturated carbocycles. The monoisotopic (exact) mass is 200 g/mol. The van der Waals surface area contributed by atoms with Crippen LogP contribution in [0.4, 0.5) is 0 Å². The zero-order valence-electron chi connectivity index (χ0n) is 10.3. The molecule has 0 fully saturated rings. The maximum atomic E-state index is 10.4. The van der Waals surface area contributed by atoms with E-state index in [1.54, 1.807) is 0 Å². The molecule has 0 aromatic heterocycles. The summed E-state index contributed by atoms with van der Waals surface area (Å²) in [6.45, 7) is 6.58. The second-order valence-electron chi connectivity index (χ2n) is 4.54. The number of hydrogen-bond acceptors (Lipinski definition) is 1. The molecule has 14 heavy (non-hydrogen) atoms. The molecule has 0 saturated heterocycles. The lowest BCUT2D eigenvalue weighted by Gasteiger charge is -2.28. The van der Waals surface area contributed by atoms with Crippen molar-refractivity contribution in [3.63, 3.8) is 0 Å². The summed E-state index contributed by atoms with van der Waals surface area (Å²) in [4.78, 5) is 0. The van der Waals surface area contributed by atoms with Gasteiger partial charge in [-0.2, -0.15) is 0 Å². The third-order valence-electron chi connectivity index (χ3n) is 2.99. The van der Waals surface area contributed by atoms with Crippen LogP contribution in [0, 0.1) is 0 Å². The Morgan fingerprint density at radius 2 is 1.00 bits per heavy atom. The average molecular weight is 200 g/mol. The van der Waals surface area contributed by atoms with Crippen LogP contribution in [0.5, 0.6) is 0 Å². The topological polar surface area (TPSA) is 20.2 Å². The minimum absolute atomic E-state index is 0.345. The van der Waals surface area contributed by atoms with Crippen LogP contribution in [0.1, 0.15) is 78.6 Å². The van der Waals surface area contributed by atoms with Crippen LogP contribution in [0.15, 0.2) is 0 Å². The molecule has 0 aliphatic carbocycles. The molecule has 0 heterocycles. The highest BCUT2D eigenvalue weighted by Crippen LogP contribution is 2.27. The van der Waals surface area contributed by atoms with Gasteiger partial charge in [0, 0.05) is 0 Å². The van der Waals surface area contributed by atoms with Crippen molar-refractivity contribution in [2.45, 2.75) is 84.2 Å². The van der Waals surface area contributed by atoms with E-state index in [-0.39, 0.29) is 5.60 Å². The Morgan fingerprint density at radius 3 is 1.21 bits per heavy atom. The van der Waals surface area contributed by atoms with E-state index in [9.17, 15) is 5.11 Å². The summed E-state index contributed by atoms with van der Waals surface area (Å²) in [7, 11) is 0. The van der Waals surface area contributed by atoms with Gasteiger partial charge in [0.25, 0.3) is 0 Å². The van der Waals surface area contributed by atoms with Gasteiger partial charge in [0.1, 0.15) is 0 Å². The molecule has 0 aromatic carbocycles. The van der Waals surface area contributed by atoms with Crippen LogP contribution in [0.3, 0.4) is 0 Å². The number of aliphatic hydroxyl groups is 1. The van der Waals surface area contributed by atoms with E-state index in [1.165, 1.54) is 38.5 Å². The lowest BCUT2D eigenvalue weighted by Crippen LogP contribution is -2.28. The molecule has 1 nitrogen and oxygen atoms in total. The summed E-state index contributed by atoms with van der Waals surface area (Å²) in [5.41, 5.74) is -0.345. The van der Waals surface area contributed by atoms with Crippen molar-refractivity contribution in [3.8, 4) is 0 Å². The van der Waals surface area contributed by atoms with Crippen molar-refractivity contribution in [3.05, 3.63) is 0 Å². The zero-order chi connectivity index (χ0) is 10.9. The number of rotatable bonds is 9. The van der Waals surface area contributed by atoms with Crippen molar-refractivity contribution in [1.82, 2.24) is 0 Å². The molecule has 0 radical (unpaired) electrons. The van der Waals surface area contributed by atoms with E-state index in [0.717, 1.165) is 19.3 Å². The van der Waals surface area contributed by atoms with Gasteiger partial charge >= 0.3 is 0 Å². The summed E-state index contributed by atoms with van der Waals surface area (Å²) in [5.74, 6) is 0. The maximum absolute atomic E-state index is 10.4. The van der Waals surface area contributed by atoms with Crippen LogP contribution < -0.4 is 0 Å². The Kier molecular flexibility index (Phi) is 8.26. The normalized spacial score (nSPS) is 12.0. The smallest absolute Gasteiger partial charge is 0.0647 e. The molecule has 0 spiro atoms. The molecule has 0 aliphatic rings. The first-order valence-electron chi connectivity index (χ1n) is 6.41. The van der Waals surface area contributed by atoms with E-state index in [4.69, 9.17) is 0 Å². The van der Waals surface area contributed by atoms with E-state index < -0.39 is 0 Å². The molecule has 0 rings (SSSR count). The molecule has 0 aromatic rings. The van der Waals surface area contributed by atoms with Crippen LogP contribution >= 0.6 is 0 Å². The second kappa shape index (κ2) is 8.28. The third-order valence-corrected chi connectivity index (χ3v) is 2.99. The molecule has 0 aliphatic heterocycles. The van der Waals surface area contributed by atoms with Gasteiger partial charge in [0.05, 0.1) is 5.60 Å². The van der Waals surface area contributed by atoms with Gasteiger partial charge in [-0.3, -0.25) is 0 Å². The number of hydrogen-bond donors (Lipinski definition) is 1. The molecular formula is C13H28O. The molecule has 0 bridgehead atoms. The van der Waals surface area contributed by atoms with Crippen molar-refractivity contribution in [2.75, 3.05) is 0 Å². The minimum atomic E-state index is -0.345. The first-order chi connectivity index (χ1) is 6.68. The van der Waals surface area contributed by atoms with Gasteiger partial charge in [-0.1, -0.05) is 59.3 Å². The van der Waals surface area contributed by atoms with E-state index in [1.807, 2.05) is 0 Å². The molecule has 1 N–H and O–H groups in total. The van der Waals surface area contributed by atoms with Gasteiger partial charge in [-0.05, 0) is 19.3 Å². The first-order valence-corrected chi connectivity index (χ1v) is 6.41. The van der Waals surface area contributed by atoms with Gasteiger partial charge in [0.2, 0.25) is 0 Å². The lowest BCUT2D eigenvalue weighted by atomic mass is 9.86. The summed E-state index contributed by atoms with van der Waals surface area (Å²) in [6.07, 6.45) is 10.1. The molecular weight excluding hydrogens is 172 g/mol. The molecule has 0 unspecified atom stereocenters. The fourth-order valence-corrected chi connectivity index (χ4v) is 1.89. The molecule has 0 amide bonds. The highest BCUT2D eigenvalue weighted by Gasteiger charge is 2.24. The summed E-state index contributed by atoms with van der Waals surface area (Å²) in [6, 6.07) is 0. The van der Waals surface area contributed by atoms with Gasteiger partial charge < -0.3 is 5.11 Å². The standard InChI is InChI=1S/C13H28O/c1-4-7-10-13(14,11-8-5-2)12-9-6-3/h14H,4-12H2,1-3H3. The van der Waals surface area contributed by atoms with Crippen molar-refractivity contribution in [1.29, 1.82) is 0 Å². The van der Waals surface area contributed by atoms with Crippen molar-refractivity contribution >= 4 is 0 Å². The van der Waals surface area contributed by atoms with E-state index in [2.05, 4.69) is 20.8 Å². The van der Waals surface area contributed by atoms with Crippen LogP contribution in [0.25, 0.3) is 0 Å². The third kappa shape index (κ3) is 6.42. The zero-order valence-corrected chi connectivity index (χ0v) is 10.3. The van der Waals surface area contributed by atoms with Crippen LogP contribution in [-0.4, -0.2) is 10.7 Å². The Hall–Kier alpha value is -0.0400. The SMILES string of the molecule is CCCCC(O)(CCCC)CCCC. The predicted molar refractivity (Wildman–Crippen MR) is 63.5 cm³/mol. The molecule has 0 atom stereocenters. The maximum Gasteiger partial charge on any atom is 0.0647 e. The predicted octanol–water partition coefficient (Wildman–Crippen LogP) is 4.29. The van der Waals surface area contributed by atoms with Crippen LogP contribution in [-0.2, 0) is 0 Å². The van der Waals surface area contributed by atoms with Crippen molar-refractivity contribution < 1.29 is 5.11 Å². The van der Waals surface area contributed by atoms with E-state index >= 15 is 0 Å². The second-order valence-corrected chi connectivity index (χ2v) is 4.54. The van der Waals surface area contributed by atoms with Crippen LogP contribution in [0.2, 0.25) is 0 Å². The van der Waals surface area contributed by atoms with Gasteiger partial charge in [0.15, 0.2) is 0 Å². The largest absolute Gasteiger partial charge is 0.390 e. The molecule has 1 heteroatoms. The molecule has 86 valence electrons. The van der Waals surface area contributed by atoms with Gasteiger partial charge in [-0.25, -0.2) is 0 Å². The number of unbranched alkanes of at least 4 members (excludes halogenated alkanes) is 3.